The molecule has 1 heteroatoms. The normalized spacial score (nSPS) is 27.5. The summed E-state index contributed by atoms with van der Waals surface area (Å²) in [5, 5.41) is 9.39. The van der Waals surface area contributed by atoms with Crippen molar-refractivity contribution in [2.24, 2.45) is 17.8 Å². The number of aromatic hydroxyl groups is 1. The lowest BCUT2D eigenvalue weighted by atomic mass is 9.68. The zero-order valence-electron chi connectivity index (χ0n) is 18.7. The minimum Gasteiger partial charge on any atom is -0.508 e. The predicted molar refractivity (Wildman–Crippen MR) is 118 cm³/mol. The lowest BCUT2D eigenvalue weighted by Crippen LogP contribution is -2.24. The molecule has 0 saturated heterocycles. The number of phenols is 1. The molecule has 0 aromatic heterocycles. The van der Waals surface area contributed by atoms with Gasteiger partial charge < -0.3 is 5.11 Å². The summed E-state index contributed by atoms with van der Waals surface area (Å²) in [4.78, 5) is 0. The van der Waals surface area contributed by atoms with Crippen LogP contribution in [0.3, 0.4) is 0 Å². The first kappa shape index (κ1) is 25.0. The van der Waals surface area contributed by atoms with E-state index in [0.29, 0.717) is 5.75 Å². The van der Waals surface area contributed by atoms with Gasteiger partial charge in [0.05, 0.1) is 0 Å². The highest BCUT2D eigenvalue weighted by atomic mass is 16.3. The topological polar surface area (TPSA) is 20.2 Å². The van der Waals surface area contributed by atoms with Crippen LogP contribution in [0.4, 0.5) is 0 Å². The number of benzene rings is 1. The van der Waals surface area contributed by atoms with Crippen LogP contribution >= 0.6 is 0 Å². The molecule has 0 atom stereocenters. The van der Waals surface area contributed by atoms with E-state index >= 15 is 0 Å². The molecule has 0 amide bonds. The van der Waals surface area contributed by atoms with Crippen LogP contribution in [-0.2, 0) is 0 Å². The summed E-state index contributed by atoms with van der Waals surface area (Å²) in [5.41, 5.74) is 1.43. The molecule has 0 spiro atoms. The largest absolute Gasteiger partial charge is 0.508 e. The molecule has 2 saturated carbocycles. The van der Waals surface area contributed by atoms with Gasteiger partial charge in [-0.15, -0.1) is 0 Å². The first-order chi connectivity index (χ1) is 12.7. The van der Waals surface area contributed by atoms with Gasteiger partial charge in [0.1, 0.15) is 5.75 Å². The van der Waals surface area contributed by atoms with E-state index in [4.69, 9.17) is 0 Å². The number of hydrogen-bond donors (Lipinski definition) is 1. The number of rotatable bonds is 2. The second-order valence-electron chi connectivity index (χ2n) is 7.22. The van der Waals surface area contributed by atoms with Gasteiger partial charge in [0, 0.05) is 0 Å². The van der Waals surface area contributed by atoms with Crippen LogP contribution in [0.15, 0.2) is 24.3 Å². The maximum absolute atomic E-state index is 9.39. The third-order valence-electron chi connectivity index (χ3n) is 5.86. The second-order valence-corrected chi connectivity index (χ2v) is 7.22. The van der Waals surface area contributed by atoms with E-state index in [9.17, 15) is 5.11 Å². The van der Waals surface area contributed by atoms with Crippen molar-refractivity contribution in [3.8, 4) is 5.75 Å². The molecule has 26 heavy (non-hydrogen) atoms. The Hall–Kier alpha value is -0.980. The molecular formula is C25H46O. The Bertz CT molecular complexity index is 406. The van der Waals surface area contributed by atoms with Crippen molar-refractivity contribution in [2.45, 2.75) is 106 Å². The van der Waals surface area contributed by atoms with Crippen LogP contribution in [0.2, 0.25) is 0 Å². The molecule has 0 aliphatic heterocycles. The molecule has 152 valence electrons. The van der Waals surface area contributed by atoms with Gasteiger partial charge in [-0.3, -0.25) is 0 Å². The van der Waals surface area contributed by atoms with Crippen molar-refractivity contribution in [1.82, 2.24) is 0 Å². The van der Waals surface area contributed by atoms with Crippen molar-refractivity contribution < 1.29 is 5.11 Å². The Morgan fingerprint density at radius 2 is 1.00 bits per heavy atom. The molecule has 0 unspecified atom stereocenters. The van der Waals surface area contributed by atoms with E-state index in [2.05, 4.69) is 19.1 Å². The zero-order chi connectivity index (χ0) is 19.9. The molecular weight excluding hydrogens is 316 g/mol. The van der Waals surface area contributed by atoms with Gasteiger partial charge in [0.25, 0.3) is 0 Å². The minimum absolute atomic E-state index is 0.388. The monoisotopic (exact) mass is 362 g/mol. The van der Waals surface area contributed by atoms with Crippen LogP contribution in [0.1, 0.15) is 111 Å². The zero-order valence-corrected chi connectivity index (χ0v) is 18.7. The van der Waals surface area contributed by atoms with Crippen molar-refractivity contribution in [1.29, 1.82) is 0 Å². The molecule has 0 heterocycles. The molecule has 2 aliphatic carbocycles. The third-order valence-corrected chi connectivity index (χ3v) is 5.86. The average Bonchev–Trinajstić information content (AvgIpc) is 2.74. The number of phenolic OH excluding ortho intramolecular Hbond substituents is 1. The summed E-state index contributed by atoms with van der Waals surface area (Å²) >= 11 is 0. The SMILES string of the molecule is CC.CC.CC.CC1CCC(C2CCC(c3ccc(O)cc3)CC2)CC1. The molecule has 1 aromatic rings. The van der Waals surface area contributed by atoms with E-state index in [-0.39, 0.29) is 0 Å². The maximum Gasteiger partial charge on any atom is 0.115 e. The minimum atomic E-state index is 0.388. The van der Waals surface area contributed by atoms with Crippen LogP contribution in [0, 0.1) is 17.8 Å². The van der Waals surface area contributed by atoms with Gasteiger partial charge in [0.2, 0.25) is 0 Å². The Morgan fingerprint density at radius 3 is 1.42 bits per heavy atom. The van der Waals surface area contributed by atoms with Gasteiger partial charge >= 0.3 is 0 Å². The van der Waals surface area contributed by atoms with E-state index in [0.717, 1.165) is 23.7 Å². The van der Waals surface area contributed by atoms with Gasteiger partial charge in [-0.2, -0.15) is 0 Å². The molecule has 3 rings (SSSR count). The van der Waals surface area contributed by atoms with Gasteiger partial charge in [-0.05, 0) is 79.9 Å². The predicted octanol–water partition coefficient (Wildman–Crippen LogP) is 8.57. The van der Waals surface area contributed by atoms with Crippen LogP contribution in [-0.4, -0.2) is 5.11 Å². The summed E-state index contributed by atoms with van der Waals surface area (Å²) < 4.78 is 0. The van der Waals surface area contributed by atoms with Gasteiger partial charge in [-0.1, -0.05) is 73.4 Å². The third kappa shape index (κ3) is 8.14. The fourth-order valence-corrected chi connectivity index (χ4v) is 4.43. The highest BCUT2D eigenvalue weighted by Gasteiger charge is 2.30. The van der Waals surface area contributed by atoms with Crippen molar-refractivity contribution >= 4 is 0 Å². The van der Waals surface area contributed by atoms with Crippen molar-refractivity contribution in [3.05, 3.63) is 29.8 Å². The van der Waals surface area contributed by atoms with E-state index in [1.807, 2.05) is 53.7 Å². The van der Waals surface area contributed by atoms with Gasteiger partial charge in [-0.25, -0.2) is 0 Å². The Balaban J connectivity index is 0.000000948. The lowest BCUT2D eigenvalue weighted by Gasteiger charge is -2.37. The highest BCUT2D eigenvalue weighted by Crippen LogP contribution is 2.43. The van der Waals surface area contributed by atoms with Crippen LogP contribution < -0.4 is 0 Å². The van der Waals surface area contributed by atoms with Crippen molar-refractivity contribution in [3.63, 3.8) is 0 Å². The number of hydrogen-bond acceptors (Lipinski definition) is 1. The van der Waals surface area contributed by atoms with Crippen molar-refractivity contribution in [2.75, 3.05) is 0 Å². The average molecular weight is 363 g/mol. The van der Waals surface area contributed by atoms with Crippen LogP contribution in [0.5, 0.6) is 5.75 Å². The van der Waals surface area contributed by atoms with E-state index in [1.165, 1.54) is 56.9 Å². The Morgan fingerprint density at radius 1 is 0.615 bits per heavy atom. The molecule has 1 N–H and O–H groups in total. The van der Waals surface area contributed by atoms with Gasteiger partial charge in [0.15, 0.2) is 0 Å². The second kappa shape index (κ2) is 15.1. The Labute approximate surface area is 164 Å². The lowest BCUT2D eigenvalue weighted by molar-refractivity contribution is 0.165. The fourth-order valence-electron chi connectivity index (χ4n) is 4.43. The molecule has 1 nitrogen and oxygen atoms in total. The fraction of sp³-hybridized carbons (Fsp3) is 0.760. The molecule has 0 bridgehead atoms. The van der Waals surface area contributed by atoms with E-state index in [1.54, 1.807) is 0 Å². The van der Waals surface area contributed by atoms with E-state index < -0.39 is 0 Å². The summed E-state index contributed by atoms with van der Waals surface area (Å²) in [5.74, 6) is 4.11. The van der Waals surface area contributed by atoms with Crippen LogP contribution in [0.25, 0.3) is 0 Å². The molecule has 0 radical (unpaired) electrons. The molecule has 2 aliphatic rings. The summed E-state index contributed by atoms with van der Waals surface area (Å²) in [7, 11) is 0. The summed E-state index contributed by atoms with van der Waals surface area (Å²) in [6.07, 6.45) is 11.4. The quantitative estimate of drug-likeness (QED) is 0.558. The molecule has 1 aromatic carbocycles. The molecule has 2 fully saturated rings. The Kier molecular flexibility index (Phi) is 14.5. The standard InChI is InChI=1S/C19H28O.3C2H6/c1-14-2-4-15(5-3-14)16-6-8-17(9-7-16)18-10-12-19(20)13-11-18;3*1-2/h10-17,20H,2-9H2,1H3;3*1-2H3. The maximum atomic E-state index is 9.39. The smallest absolute Gasteiger partial charge is 0.115 e. The summed E-state index contributed by atoms with van der Waals surface area (Å²) in [6, 6.07) is 7.90. The first-order valence-electron chi connectivity index (χ1n) is 11.5. The highest BCUT2D eigenvalue weighted by molar-refractivity contribution is 5.28. The first-order valence-corrected chi connectivity index (χ1v) is 11.5. The summed E-state index contributed by atoms with van der Waals surface area (Å²) in [6.45, 7) is 14.4.